The second kappa shape index (κ2) is 7.59. The van der Waals surface area contributed by atoms with Crippen LogP contribution in [0.5, 0.6) is 11.5 Å². The quantitative estimate of drug-likeness (QED) is 0.743. The van der Waals surface area contributed by atoms with Crippen LogP contribution in [0.2, 0.25) is 0 Å². The van der Waals surface area contributed by atoms with E-state index < -0.39 is 23.4 Å². The van der Waals surface area contributed by atoms with Gasteiger partial charge in [0.2, 0.25) is 0 Å². The third-order valence-corrected chi connectivity index (χ3v) is 4.45. The van der Waals surface area contributed by atoms with Crippen LogP contribution in [0.1, 0.15) is 18.1 Å². The number of hydrazine groups is 1. The molecule has 0 aliphatic carbocycles. The molecule has 2 N–H and O–H groups in total. The van der Waals surface area contributed by atoms with Crippen LogP contribution in [0.3, 0.4) is 0 Å². The fourth-order valence-electron chi connectivity index (χ4n) is 2.87. The Bertz CT molecular complexity index is 912. The van der Waals surface area contributed by atoms with Gasteiger partial charge in [0.05, 0.1) is 7.11 Å². The van der Waals surface area contributed by atoms with Crippen LogP contribution < -0.4 is 20.2 Å². The molecule has 2 aromatic carbocycles. The number of urea groups is 1. The monoisotopic (exact) mass is 383 g/mol. The van der Waals surface area contributed by atoms with Crippen molar-refractivity contribution >= 4 is 17.8 Å². The minimum atomic E-state index is -1.30. The van der Waals surface area contributed by atoms with Crippen LogP contribution >= 0.6 is 0 Å². The summed E-state index contributed by atoms with van der Waals surface area (Å²) in [6.45, 7) is 3.14. The third-order valence-electron chi connectivity index (χ3n) is 4.45. The normalized spacial score (nSPS) is 18.6. The van der Waals surface area contributed by atoms with Crippen molar-refractivity contribution in [1.29, 1.82) is 0 Å². The topological polar surface area (TPSA) is 97.0 Å². The van der Waals surface area contributed by atoms with Gasteiger partial charge >= 0.3 is 6.03 Å². The summed E-state index contributed by atoms with van der Waals surface area (Å²) in [4.78, 5) is 37.2. The maximum atomic E-state index is 12.8. The van der Waals surface area contributed by atoms with E-state index in [9.17, 15) is 14.4 Å². The minimum Gasteiger partial charge on any atom is -0.497 e. The van der Waals surface area contributed by atoms with E-state index in [0.717, 1.165) is 5.56 Å². The van der Waals surface area contributed by atoms with Crippen LogP contribution in [-0.2, 0) is 15.1 Å². The molecular weight excluding hydrogens is 362 g/mol. The summed E-state index contributed by atoms with van der Waals surface area (Å²) in [7, 11) is 1.54. The van der Waals surface area contributed by atoms with Crippen LogP contribution in [0, 0.1) is 6.92 Å². The summed E-state index contributed by atoms with van der Waals surface area (Å²) in [5, 5.41) is 3.28. The number of aryl methyl sites for hydroxylation is 1. The second-order valence-electron chi connectivity index (χ2n) is 6.56. The number of benzene rings is 2. The fourth-order valence-corrected chi connectivity index (χ4v) is 2.87. The van der Waals surface area contributed by atoms with E-state index in [1.807, 2.05) is 13.0 Å². The molecule has 3 rings (SSSR count). The Labute approximate surface area is 162 Å². The predicted molar refractivity (Wildman–Crippen MR) is 101 cm³/mol. The summed E-state index contributed by atoms with van der Waals surface area (Å²) < 4.78 is 10.5. The van der Waals surface area contributed by atoms with E-state index >= 15 is 0 Å². The first-order chi connectivity index (χ1) is 13.3. The third kappa shape index (κ3) is 3.75. The number of imide groups is 1. The van der Waals surface area contributed by atoms with Crippen molar-refractivity contribution < 1.29 is 23.9 Å². The average molecular weight is 383 g/mol. The smallest absolute Gasteiger partial charge is 0.344 e. The Hall–Kier alpha value is -3.55. The fraction of sp³-hybridized carbons (Fsp3) is 0.250. The lowest BCUT2D eigenvalue weighted by molar-refractivity contribution is -0.139. The summed E-state index contributed by atoms with van der Waals surface area (Å²) >= 11 is 0. The molecule has 8 nitrogen and oxygen atoms in total. The standard InChI is InChI=1S/C20H21N3O5/c1-13-5-4-6-16(11-13)28-12-17(24)22-23-18(25)20(2,21-19(23)26)14-7-9-15(27-3)10-8-14/h4-11H,12H2,1-3H3,(H,21,26)(H,22,24)/t20-/m0/s1. The van der Waals surface area contributed by atoms with Crippen LogP contribution in [0.25, 0.3) is 0 Å². The highest BCUT2D eigenvalue weighted by Crippen LogP contribution is 2.29. The van der Waals surface area contributed by atoms with Crippen molar-refractivity contribution in [3.8, 4) is 11.5 Å². The molecule has 1 heterocycles. The number of nitrogens with zero attached hydrogens (tertiary/aromatic N) is 1. The molecule has 1 atom stereocenters. The molecule has 146 valence electrons. The number of methoxy groups -OCH3 is 1. The first kappa shape index (κ1) is 19.2. The van der Waals surface area contributed by atoms with Crippen LogP contribution in [0.15, 0.2) is 48.5 Å². The number of hydrogen-bond acceptors (Lipinski definition) is 5. The van der Waals surface area contributed by atoms with Crippen molar-refractivity contribution in [1.82, 2.24) is 15.8 Å². The molecule has 0 bridgehead atoms. The van der Waals surface area contributed by atoms with Gasteiger partial charge in [-0.2, -0.15) is 5.01 Å². The van der Waals surface area contributed by atoms with Crippen LogP contribution in [-0.4, -0.2) is 36.6 Å². The molecule has 28 heavy (non-hydrogen) atoms. The van der Waals surface area contributed by atoms with E-state index in [0.29, 0.717) is 22.1 Å². The number of carbonyl (C=O) groups excluding carboxylic acids is 3. The zero-order valence-electron chi connectivity index (χ0n) is 15.8. The lowest BCUT2D eigenvalue weighted by Gasteiger charge is -2.22. The van der Waals surface area contributed by atoms with Gasteiger partial charge < -0.3 is 14.8 Å². The number of ether oxygens (including phenoxy) is 2. The summed E-state index contributed by atoms with van der Waals surface area (Å²) in [6.07, 6.45) is 0. The highest BCUT2D eigenvalue weighted by atomic mass is 16.5. The first-order valence-electron chi connectivity index (χ1n) is 8.63. The van der Waals surface area contributed by atoms with E-state index in [4.69, 9.17) is 9.47 Å². The molecule has 0 spiro atoms. The van der Waals surface area contributed by atoms with Gasteiger partial charge in [-0.1, -0.05) is 24.3 Å². The maximum Gasteiger partial charge on any atom is 0.344 e. The molecular formula is C20H21N3O5. The zero-order chi connectivity index (χ0) is 20.3. The Kier molecular flexibility index (Phi) is 5.21. The number of hydrogen-bond donors (Lipinski definition) is 2. The van der Waals surface area contributed by atoms with E-state index in [-0.39, 0.29) is 6.61 Å². The molecule has 2 aromatic rings. The largest absolute Gasteiger partial charge is 0.497 e. The molecule has 0 radical (unpaired) electrons. The van der Waals surface area contributed by atoms with Gasteiger partial charge in [0.1, 0.15) is 17.0 Å². The van der Waals surface area contributed by atoms with Gasteiger partial charge in [0.25, 0.3) is 11.8 Å². The molecule has 1 fully saturated rings. The Morgan fingerprint density at radius 3 is 2.50 bits per heavy atom. The molecule has 4 amide bonds. The summed E-state index contributed by atoms with van der Waals surface area (Å²) in [5.74, 6) is -0.0615. The van der Waals surface area contributed by atoms with Gasteiger partial charge in [0, 0.05) is 0 Å². The van der Waals surface area contributed by atoms with Crippen molar-refractivity contribution in [2.24, 2.45) is 0 Å². The highest BCUT2D eigenvalue weighted by molar-refractivity contribution is 6.08. The summed E-state index contributed by atoms with van der Waals surface area (Å²) in [6, 6.07) is 13.2. The van der Waals surface area contributed by atoms with Crippen molar-refractivity contribution in [3.05, 3.63) is 59.7 Å². The lowest BCUT2D eigenvalue weighted by Crippen LogP contribution is -2.49. The molecule has 8 heteroatoms. The van der Waals surface area contributed by atoms with E-state index in [2.05, 4.69) is 10.7 Å². The van der Waals surface area contributed by atoms with Gasteiger partial charge in [-0.25, -0.2) is 4.79 Å². The molecule has 0 aromatic heterocycles. The molecule has 1 aliphatic rings. The SMILES string of the molecule is COc1ccc([C@]2(C)NC(=O)N(NC(=O)COc3cccc(C)c3)C2=O)cc1. The van der Waals surface area contributed by atoms with Gasteiger partial charge in [-0.15, -0.1) is 0 Å². The average Bonchev–Trinajstić information content (AvgIpc) is 2.90. The number of nitrogens with one attached hydrogen (secondary N) is 2. The van der Waals surface area contributed by atoms with E-state index in [1.54, 1.807) is 49.4 Å². The lowest BCUT2D eigenvalue weighted by atomic mass is 9.92. The first-order valence-corrected chi connectivity index (χ1v) is 8.63. The van der Waals surface area contributed by atoms with E-state index in [1.165, 1.54) is 7.11 Å². The maximum absolute atomic E-state index is 12.8. The summed E-state index contributed by atoms with van der Waals surface area (Å²) in [5.41, 5.74) is 2.55. The number of amides is 4. The number of rotatable bonds is 6. The predicted octanol–water partition coefficient (Wildman–Crippen LogP) is 1.88. The Balaban J connectivity index is 1.66. The zero-order valence-corrected chi connectivity index (χ0v) is 15.8. The molecule has 0 unspecified atom stereocenters. The van der Waals surface area contributed by atoms with Gasteiger partial charge in [-0.05, 0) is 49.2 Å². The highest BCUT2D eigenvalue weighted by Gasteiger charge is 2.50. The Morgan fingerprint density at radius 2 is 1.86 bits per heavy atom. The second-order valence-corrected chi connectivity index (χ2v) is 6.56. The van der Waals surface area contributed by atoms with Gasteiger partial charge in [0.15, 0.2) is 6.61 Å². The van der Waals surface area contributed by atoms with Gasteiger partial charge in [-0.3, -0.25) is 15.0 Å². The Morgan fingerprint density at radius 1 is 1.14 bits per heavy atom. The van der Waals surface area contributed by atoms with Crippen molar-refractivity contribution in [3.63, 3.8) is 0 Å². The molecule has 1 aliphatic heterocycles. The van der Waals surface area contributed by atoms with Crippen molar-refractivity contribution in [2.75, 3.05) is 13.7 Å². The van der Waals surface area contributed by atoms with Crippen LogP contribution in [0.4, 0.5) is 4.79 Å². The minimum absolute atomic E-state index is 0.334. The molecule has 1 saturated heterocycles. The molecule has 0 saturated carbocycles. The van der Waals surface area contributed by atoms with Crippen molar-refractivity contribution in [2.45, 2.75) is 19.4 Å². The number of carbonyl (C=O) groups is 3.